The number of hydrogen-bond acceptors (Lipinski definition) is 2. The van der Waals surface area contributed by atoms with E-state index >= 15 is 0 Å². The first-order valence-electron chi connectivity index (χ1n) is 6.39. The lowest BCUT2D eigenvalue weighted by atomic mass is 9.98. The molecule has 5 heteroatoms. The van der Waals surface area contributed by atoms with Crippen LogP contribution in [0.25, 0.3) is 0 Å². The van der Waals surface area contributed by atoms with Crippen molar-refractivity contribution in [3.8, 4) is 0 Å². The fraction of sp³-hybridized carbons (Fsp3) is 0.429. The molecule has 4 nitrogen and oxygen atoms in total. The molecule has 2 amide bonds. The van der Waals surface area contributed by atoms with E-state index in [9.17, 15) is 9.59 Å². The summed E-state index contributed by atoms with van der Waals surface area (Å²) in [4.78, 5) is 23.2. The maximum Gasteiger partial charge on any atom is 0.233 e. The molecule has 0 aliphatic carbocycles. The molecule has 1 aromatic rings. The van der Waals surface area contributed by atoms with E-state index < -0.39 is 0 Å². The molecule has 2 N–H and O–H groups in total. The number of hydrogen-bond donors (Lipinski definition) is 2. The Balaban J connectivity index is 2.33. The van der Waals surface area contributed by atoms with Gasteiger partial charge >= 0.3 is 0 Å². The summed E-state index contributed by atoms with van der Waals surface area (Å²) in [6, 6.07) is 5.73. The molecule has 2 atom stereocenters. The summed E-state index contributed by atoms with van der Waals surface area (Å²) in [5, 5.41) is 5.49. The highest BCUT2D eigenvalue weighted by Crippen LogP contribution is 2.36. The fourth-order valence-corrected chi connectivity index (χ4v) is 2.67. The van der Waals surface area contributed by atoms with Gasteiger partial charge in [0.15, 0.2) is 0 Å². The van der Waals surface area contributed by atoms with Crippen LogP contribution >= 0.6 is 15.9 Å². The second kappa shape index (κ2) is 5.74. The molecule has 1 aliphatic rings. The lowest BCUT2D eigenvalue weighted by Crippen LogP contribution is -2.16. The molecule has 0 fully saturated rings. The molecule has 0 radical (unpaired) electrons. The van der Waals surface area contributed by atoms with Gasteiger partial charge in [-0.2, -0.15) is 0 Å². The largest absolute Gasteiger partial charge is 0.324 e. The van der Waals surface area contributed by atoms with Crippen LogP contribution in [0.15, 0.2) is 18.2 Å². The van der Waals surface area contributed by atoms with Crippen LogP contribution < -0.4 is 10.6 Å². The number of carbonyl (C=O) groups is 2. The van der Waals surface area contributed by atoms with Crippen LogP contribution in [0.4, 0.5) is 11.4 Å². The molecule has 1 aliphatic heterocycles. The van der Waals surface area contributed by atoms with E-state index in [4.69, 9.17) is 0 Å². The third-order valence-corrected chi connectivity index (χ3v) is 4.81. The average Bonchev–Trinajstić information content (AvgIpc) is 2.52. The zero-order chi connectivity index (χ0) is 14.0. The van der Waals surface area contributed by atoms with Crippen molar-refractivity contribution in [2.45, 2.75) is 31.5 Å². The molecular weight excluding hydrogens is 308 g/mol. The van der Waals surface area contributed by atoms with Crippen molar-refractivity contribution in [2.75, 3.05) is 10.6 Å². The molecular formula is C14H17BrN2O2. The Kier molecular flexibility index (Phi) is 4.24. The minimum absolute atomic E-state index is 0.132. The predicted molar refractivity (Wildman–Crippen MR) is 79.4 cm³/mol. The van der Waals surface area contributed by atoms with Gasteiger partial charge in [0.1, 0.15) is 6.42 Å². The van der Waals surface area contributed by atoms with E-state index in [1.54, 1.807) is 0 Å². The van der Waals surface area contributed by atoms with Crippen molar-refractivity contribution in [1.82, 2.24) is 0 Å². The minimum atomic E-state index is -0.277. The van der Waals surface area contributed by atoms with Crippen molar-refractivity contribution < 1.29 is 9.59 Å². The number of rotatable bonds is 3. The summed E-state index contributed by atoms with van der Waals surface area (Å²) in [5.74, 6) is -0.0569. The fourth-order valence-electron chi connectivity index (χ4n) is 2.02. The van der Waals surface area contributed by atoms with E-state index in [0.717, 1.165) is 12.0 Å². The summed E-state index contributed by atoms with van der Waals surface area (Å²) in [5.41, 5.74) is 2.43. The lowest BCUT2D eigenvalue weighted by molar-refractivity contribution is -0.123. The van der Waals surface area contributed by atoms with Gasteiger partial charge in [-0.25, -0.2) is 0 Å². The van der Waals surface area contributed by atoms with Gasteiger partial charge in [0.05, 0.1) is 11.4 Å². The summed E-state index contributed by atoms with van der Waals surface area (Å²) < 4.78 is 0. The molecule has 0 bridgehead atoms. The highest BCUT2D eigenvalue weighted by atomic mass is 79.9. The van der Waals surface area contributed by atoms with Crippen LogP contribution in [0.3, 0.4) is 0 Å². The number of alkyl halides is 1. The van der Waals surface area contributed by atoms with Gasteiger partial charge < -0.3 is 10.6 Å². The zero-order valence-corrected chi connectivity index (χ0v) is 12.6. The number of anilines is 2. The maximum atomic E-state index is 11.5. The highest BCUT2D eigenvalue weighted by Gasteiger charge is 2.21. The summed E-state index contributed by atoms with van der Waals surface area (Å²) in [6.07, 6.45) is 0.934. The summed E-state index contributed by atoms with van der Waals surface area (Å²) >= 11 is 3.69. The van der Waals surface area contributed by atoms with Crippen molar-refractivity contribution in [3.63, 3.8) is 0 Å². The average molecular weight is 325 g/mol. The second-order valence-electron chi connectivity index (χ2n) is 4.87. The Morgan fingerprint density at radius 1 is 1.21 bits per heavy atom. The standard InChI is InChI=1S/C14H17BrN2O2/c1-3-8(2)14(15)9-4-5-10-11(6-9)17-13(19)7-12(18)16-10/h4-6,8,14H,3,7H2,1-2H3,(H,16,18)(H,17,19). The second-order valence-corrected chi connectivity index (χ2v) is 5.85. The normalized spacial score (nSPS) is 17.8. The topological polar surface area (TPSA) is 58.2 Å². The van der Waals surface area contributed by atoms with Gasteiger partial charge in [-0.3, -0.25) is 9.59 Å². The Morgan fingerprint density at radius 2 is 1.84 bits per heavy atom. The van der Waals surface area contributed by atoms with Gasteiger partial charge in [-0.15, -0.1) is 0 Å². The van der Waals surface area contributed by atoms with Crippen LogP contribution in [0, 0.1) is 5.92 Å². The van der Waals surface area contributed by atoms with Gasteiger partial charge in [0.25, 0.3) is 0 Å². The van der Waals surface area contributed by atoms with E-state index in [1.807, 2.05) is 18.2 Å². The van der Waals surface area contributed by atoms with E-state index in [-0.39, 0.29) is 23.1 Å². The predicted octanol–water partition coefficient (Wildman–Crippen LogP) is 3.45. The van der Waals surface area contributed by atoms with Crippen LogP contribution in [0.5, 0.6) is 0 Å². The SMILES string of the molecule is CCC(C)C(Br)c1ccc2c(c1)NC(=O)CC(=O)N2. The minimum Gasteiger partial charge on any atom is -0.324 e. The molecule has 0 saturated heterocycles. The molecule has 0 aromatic heterocycles. The molecule has 0 spiro atoms. The molecule has 1 aromatic carbocycles. The van der Waals surface area contributed by atoms with Crippen molar-refractivity contribution in [1.29, 1.82) is 0 Å². The third kappa shape index (κ3) is 3.15. The Labute approximate surface area is 121 Å². The maximum absolute atomic E-state index is 11.5. The first-order chi connectivity index (χ1) is 9.01. The third-order valence-electron chi connectivity index (χ3n) is 3.37. The van der Waals surface area contributed by atoms with Gasteiger partial charge in [0.2, 0.25) is 11.8 Å². The van der Waals surface area contributed by atoms with Crippen LogP contribution in [-0.2, 0) is 9.59 Å². The van der Waals surface area contributed by atoms with Crippen LogP contribution in [-0.4, -0.2) is 11.8 Å². The van der Waals surface area contributed by atoms with Gasteiger partial charge in [-0.05, 0) is 23.6 Å². The zero-order valence-electron chi connectivity index (χ0n) is 11.0. The van der Waals surface area contributed by atoms with Crippen LogP contribution in [0.1, 0.15) is 37.1 Å². The van der Waals surface area contributed by atoms with Gasteiger partial charge in [-0.1, -0.05) is 42.3 Å². The number of amides is 2. The van der Waals surface area contributed by atoms with E-state index in [2.05, 4.69) is 40.4 Å². The number of benzene rings is 1. The molecule has 0 saturated carbocycles. The number of nitrogens with one attached hydrogen (secondary N) is 2. The molecule has 102 valence electrons. The van der Waals surface area contributed by atoms with E-state index in [1.165, 1.54) is 0 Å². The monoisotopic (exact) mass is 324 g/mol. The smallest absolute Gasteiger partial charge is 0.233 e. The first-order valence-corrected chi connectivity index (χ1v) is 7.30. The van der Waals surface area contributed by atoms with Crippen molar-refractivity contribution in [2.24, 2.45) is 5.92 Å². The number of fused-ring (bicyclic) bond motifs is 1. The highest BCUT2D eigenvalue weighted by molar-refractivity contribution is 9.09. The first kappa shape index (κ1) is 14.1. The Bertz CT molecular complexity index is 516. The lowest BCUT2D eigenvalue weighted by Gasteiger charge is -2.18. The summed E-state index contributed by atoms with van der Waals surface area (Å²) in [7, 11) is 0. The molecule has 2 rings (SSSR count). The Hall–Kier alpha value is -1.36. The van der Waals surface area contributed by atoms with E-state index in [0.29, 0.717) is 17.3 Å². The van der Waals surface area contributed by atoms with Crippen LogP contribution in [0.2, 0.25) is 0 Å². The quantitative estimate of drug-likeness (QED) is 0.660. The summed E-state index contributed by atoms with van der Waals surface area (Å²) in [6.45, 7) is 4.32. The Morgan fingerprint density at radius 3 is 2.47 bits per heavy atom. The molecule has 2 unspecified atom stereocenters. The van der Waals surface area contributed by atoms with Crippen molar-refractivity contribution in [3.05, 3.63) is 23.8 Å². The van der Waals surface area contributed by atoms with Crippen molar-refractivity contribution >= 4 is 39.1 Å². The number of carbonyl (C=O) groups excluding carboxylic acids is 2. The van der Waals surface area contributed by atoms with Gasteiger partial charge in [0, 0.05) is 4.83 Å². The molecule has 1 heterocycles. The number of halogens is 1. The molecule has 19 heavy (non-hydrogen) atoms.